The van der Waals surface area contributed by atoms with Gasteiger partial charge < -0.3 is 15.2 Å². The van der Waals surface area contributed by atoms with Crippen molar-refractivity contribution in [2.75, 3.05) is 16.9 Å². The number of carbonyl (C=O) groups excluding carboxylic acids is 1. The third kappa shape index (κ3) is 6.26. The normalized spacial score (nSPS) is 11.7. The molecule has 0 aliphatic carbocycles. The zero-order valence-electron chi connectivity index (χ0n) is 22.9. The van der Waals surface area contributed by atoms with E-state index in [2.05, 4.69) is 36.4 Å². The first-order chi connectivity index (χ1) is 18.2. The van der Waals surface area contributed by atoms with Crippen LogP contribution in [-0.2, 0) is 22.3 Å². The number of amides is 1. The highest BCUT2D eigenvalue weighted by molar-refractivity contribution is 7.90. The topological polar surface area (TPSA) is 110 Å². The number of nitrogens with zero attached hydrogens (tertiary/aromatic N) is 2. The van der Waals surface area contributed by atoms with E-state index in [1.807, 2.05) is 49.4 Å². The Morgan fingerprint density at radius 2 is 1.59 bits per heavy atom. The standard InChI is InChI=1S/C30H32N4O4S/c1-19-24(8-7-9-25(19)33-28(35)20-10-12-21(13-11-20)30(2,3)4)26-18-34(5)29(36)27(32-26)31-22-14-16-23(17-15-22)39(6,37)38/h7-18H,1-6H3,(H,31,32)(H,33,35). The van der Waals surface area contributed by atoms with Crippen molar-refractivity contribution >= 4 is 32.9 Å². The van der Waals surface area contributed by atoms with Crippen LogP contribution >= 0.6 is 0 Å². The van der Waals surface area contributed by atoms with Crippen LogP contribution < -0.4 is 16.2 Å². The number of aromatic nitrogens is 2. The summed E-state index contributed by atoms with van der Waals surface area (Å²) in [6, 6.07) is 19.2. The number of nitrogens with one attached hydrogen (secondary N) is 2. The monoisotopic (exact) mass is 544 g/mol. The molecular formula is C30H32N4O4S. The Kier molecular flexibility index (Phi) is 7.48. The van der Waals surface area contributed by atoms with Gasteiger partial charge in [0.2, 0.25) is 0 Å². The molecule has 202 valence electrons. The third-order valence-corrected chi connectivity index (χ3v) is 7.62. The van der Waals surface area contributed by atoms with Crippen LogP contribution in [0.15, 0.2) is 82.6 Å². The summed E-state index contributed by atoms with van der Waals surface area (Å²) in [5, 5.41) is 5.99. The summed E-state index contributed by atoms with van der Waals surface area (Å²) < 4.78 is 24.9. The van der Waals surface area contributed by atoms with Gasteiger partial charge in [0, 0.05) is 42.0 Å². The fraction of sp³-hybridized carbons (Fsp3) is 0.233. The summed E-state index contributed by atoms with van der Waals surface area (Å²) in [5.74, 6) is -0.126. The first-order valence-corrected chi connectivity index (χ1v) is 14.3. The molecule has 1 heterocycles. The van der Waals surface area contributed by atoms with E-state index in [0.29, 0.717) is 22.6 Å². The van der Waals surface area contributed by atoms with Crippen molar-refractivity contribution < 1.29 is 13.2 Å². The fourth-order valence-electron chi connectivity index (χ4n) is 4.10. The highest BCUT2D eigenvalue weighted by Gasteiger charge is 2.17. The second-order valence-corrected chi connectivity index (χ2v) is 12.6. The Morgan fingerprint density at radius 3 is 2.18 bits per heavy atom. The van der Waals surface area contributed by atoms with Gasteiger partial charge >= 0.3 is 0 Å². The Hall–Kier alpha value is -4.24. The maximum absolute atomic E-state index is 13.0. The minimum Gasteiger partial charge on any atom is -0.336 e. The quantitative estimate of drug-likeness (QED) is 0.334. The minimum atomic E-state index is -3.33. The van der Waals surface area contributed by atoms with E-state index in [1.54, 1.807) is 25.4 Å². The molecule has 9 heteroatoms. The molecule has 0 bridgehead atoms. The molecular weight excluding hydrogens is 512 g/mol. The number of hydrogen-bond acceptors (Lipinski definition) is 6. The Morgan fingerprint density at radius 1 is 0.949 bits per heavy atom. The van der Waals surface area contributed by atoms with Crippen molar-refractivity contribution in [2.24, 2.45) is 7.05 Å². The lowest BCUT2D eigenvalue weighted by atomic mass is 9.86. The van der Waals surface area contributed by atoms with E-state index in [1.165, 1.54) is 16.7 Å². The zero-order valence-corrected chi connectivity index (χ0v) is 23.7. The average Bonchev–Trinajstić information content (AvgIpc) is 2.87. The molecule has 4 aromatic rings. The third-order valence-electron chi connectivity index (χ3n) is 6.49. The van der Waals surface area contributed by atoms with Gasteiger partial charge in [-0.25, -0.2) is 13.4 Å². The lowest BCUT2D eigenvalue weighted by Gasteiger charge is -2.19. The van der Waals surface area contributed by atoms with Gasteiger partial charge in [-0.05, 0) is 65.9 Å². The maximum Gasteiger partial charge on any atom is 0.293 e. The molecule has 2 N–H and O–H groups in total. The predicted molar refractivity (Wildman–Crippen MR) is 156 cm³/mol. The molecule has 8 nitrogen and oxygen atoms in total. The van der Waals surface area contributed by atoms with E-state index in [0.717, 1.165) is 22.9 Å². The van der Waals surface area contributed by atoms with Crippen molar-refractivity contribution in [1.29, 1.82) is 0 Å². The molecule has 3 aromatic carbocycles. The molecule has 39 heavy (non-hydrogen) atoms. The van der Waals surface area contributed by atoms with E-state index in [4.69, 9.17) is 0 Å². The van der Waals surface area contributed by atoms with Crippen molar-refractivity contribution in [2.45, 2.75) is 38.0 Å². The second-order valence-electron chi connectivity index (χ2n) is 10.6. The van der Waals surface area contributed by atoms with E-state index in [9.17, 15) is 18.0 Å². The van der Waals surface area contributed by atoms with Crippen LogP contribution in [0.25, 0.3) is 11.3 Å². The number of rotatable bonds is 6. The summed E-state index contributed by atoms with van der Waals surface area (Å²) >= 11 is 0. The van der Waals surface area contributed by atoms with Gasteiger partial charge in [-0.3, -0.25) is 9.59 Å². The van der Waals surface area contributed by atoms with Gasteiger partial charge in [-0.2, -0.15) is 0 Å². The van der Waals surface area contributed by atoms with Crippen molar-refractivity contribution in [3.8, 4) is 11.3 Å². The van der Waals surface area contributed by atoms with Crippen molar-refractivity contribution in [3.05, 3.63) is 100.0 Å². The van der Waals surface area contributed by atoms with Gasteiger partial charge in [0.1, 0.15) is 0 Å². The molecule has 4 rings (SSSR count). The molecule has 0 unspecified atom stereocenters. The molecule has 0 saturated carbocycles. The lowest BCUT2D eigenvalue weighted by molar-refractivity contribution is 0.102. The highest BCUT2D eigenvalue weighted by Crippen LogP contribution is 2.29. The molecule has 0 aliphatic heterocycles. The molecule has 1 amide bonds. The molecule has 0 radical (unpaired) electrons. The van der Waals surface area contributed by atoms with Crippen LogP contribution in [0.5, 0.6) is 0 Å². The summed E-state index contributed by atoms with van der Waals surface area (Å²) in [7, 11) is -1.70. The molecule has 0 aliphatic rings. The predicted octanol–water partition coefficient (Wildman–Crippen LogP) is 5.45. The van der Waals surface area contributed by atoms with Gasteiger partial charge in [-0.15, -0.1) is 0 Å². The largest absolute Gasteiger partial charge is 0.336 e. The van der Waals surface area contributed by atoms with Crippen LogP contribution in [0, 0.1) is 6.92 Å². The number of anilines is 3. The van der Waals surface area contributed by atoms with E-state index in [-0.39, 0.29) is 27.6 Å². The summed E-state index contributed by atoms with van der Waals surface area (Å²) in [5.41, 5.74) is 4.61. The van der Waals surface area contributed by atoms with Crippen molar-refractivity contribution in [1.82, 2.24) is 9.55 Å². The Balaban J connectivity index is 1.62. The first kappa shape index (κ1) is 27.8. The number of benzene rings is 3. The Bertz CT molecular complexity index is 1700. The zero-order chi connectivity index (χ0) is 28.5. The summed E-state index contributed by atoms with van der Waals surface area (Å²) in [4.78, 5) is 30.6. The molecule has 0 saturated heterocycles. The molecule has 0 fully saturated rings. The number of sulfone groups is 1. The van der Waals surface area contributed by atoms with Gasteiger partial charge in [-0.1, -0.05) is 45.0 Å². The van der Waals surface area contributed by atoms with Gasteiger partial charge in [0.15, 0.2) is 15.7 Å². The number of hydrogen-bond donors (Lipinski definition) is 2. The van der Waals surface area contributed by atoms with Crippen LogP contribution in [0.1, 0.15) is 42.3 Å². The fourth-order valence-corrected chi connectivity index (χ4v) is 4.73. The van der Waals surface area contributed by atoms with Crippen LogP contribution in [0.2, 0.25) is 0 Å². The molecule has 1 aromatic heterocycles. The van der Waals surface area contributed by atoms with Crippen LogP contribution in [-0.4, -0.2) is 30.1 Å². The van der Waals surface area contributed by atoms with Crippen molar-refractivity contribution in [3.63, 3.8) is 0 Å². The van der Waals surface area contributed by atoms with Crippen LogP contribution in [0.3, 0.4) is 0 Å². The lowest BCUT2D eigenvalue weighted by Crippen LogP contribution is -2.21. The van der Waals surface area contributed by atoms with Crippen LogP contribution in [0.4, 0.5) is 17.2 Å². The average molecular weight is 545 g/mol. The van der Waals surface area contributed by atoms with E-state index >= 15 is 0 Å². The van der Waals surface area contributed by atoms with Gasteiger partial charge in [0.25, 0.3) is 11.5 Å². The number of carbonyl (C=O) groups is 1. The summed E-state index contributed by atoms with van der Waals surface area (Å²) in [6.45, 7) is 8.26. The Labute approximate surface area is 228 Å². The first-order valence-electron chi connectivity index (χ1n) is 12.4. The second kappa shape index (κ2) is 10.5. The highest BCUT2D eigenvalue weighted by atomic mass is 32.2. The van der Waals surface area contributed by atoms with E-state index < -0.39 is 9.84 Å². The molecule has 0 spiro atoms. The molecule has 0 atom stereocenters. The summed E-state index contributed by atoms with van der Waals surface area (Å²) in [6.07, 6.45) is 2.77. The maximum atomic E-state index is 13.0. The number of aryl methyl sites for hydroxylation is 1. The minimum absolute atomic E-state index is 0.00394. The van der Waals surface area contributed by atoms with Gasteiger partial charge in [0.05, 0.1) is 10.6 Å². The smallest absolute Gasteiger partial charge is 0.293 e. The SMILES string of the molecule is Cc1c(NC(=O)c2ccc(C(C)(C)C)cc2)cccc1-c1cn(C)c(=O)c(Nc2ccc(S(C)(=O)=O)cc2)n1.